The number of esters is 1. The number of anilines is 1. The first kappa shape index (κ1) is 26.2. The first-order valence-electron chi connectivity index (χ1n) is 13.2. The highest BCUT2D eigenvalue weighted by Crippen LogP contribution is 2.47. The van der Waals surface area contributed by atoms with Crippen molar-refractivity contribution in [1.82, 2.24) is 5.32 Å². The van der Waals surface area contributed by atoms with Crippen molar-refractivity contribution in [3.8, 4) is 11.5 Å². The third-order valence-corrected chi connectivity index (χ3v) is 9.13. The number of rotatable bonds is 7. The minimum Gasteiger partial charge on any atom is -0.490 e. The van der Waals surface area contributed by atoms with Gasteiger partial charge in [-0.25, -0.2) is 9.18 Å². The highest BCUT2D eigenvalue weighted by molar-refractivity contribution is 7.16. The van der Waals surface area contributed by atoms with Crippen molar-refractivity contribution in [3.05, 3.63) is 75.4 Å². The molecule has 2 atom stereocenters. The lowest BCUT2D eigenvalue weighted by Crippen LogP contribution is -2.38. The minimum atomic E-state index is -0.610. The molecule has 1 aromatic heterocycles. The van der Waals surface area contributed by atoms with Crippen LogP contribution in [0.4, 0.5) is 9.39 Å². The van der Waals surface area contributed by atoms with Crippen molar-refractivity contribution < 1.29 is 23.5 Å². The van der Waals surface area contributed by atoms with E-state index in [1.807, 2.05) is 6.92 Å². The number of ether oxygens (including phenoxy) is 2. The number of thiophene rings is 1. The highest BCUT2D eigenvalue weighted by Gasteiger charge is 2.37. The number of fused-ring (bicyclic) bond motifs is 3. The van der Waals surface area contributed by atoms with Crippen molar-refractivity contribution in [3.63, 3.8) is 0 Å². The van der Waals surface area contributed by atoms with Gasteiger partial charge in [0.05, 0.1) is 17.7 Å². The van der Waals surface area contributed by atoms with E-state index in [9.17, 15) is 14.0 Å². The van der Waals surface area contributed by atoms with Gasteiger partial charge in [-0.3, -0.25) is 4.79 Å². The number of nitrogens with one attached hydrogen (secondary N) is 2. The van der Waals surface area contributed by atoms with E-state index >= 15 is 0 Å². The van der Waals surface area contributed by atoms with Gasteiger partial charge in [-0.2, -0.15) is 0 Å². The zero-order valence-corrected chi connectivity index (χ0v) is 23.0. The maximum atomic E-state index is 13.3. The topological polar surface area (TPSA) is 76.7 Å². The summed E-state index contributed by atoms with van der Waals surface area (Å²) in [5, 5.41) is 7.52. The maximum Gasteiger partial charge on any atom is 0.343 e. The van der Waals surface area contributed by atoms with Gasteiger partial charge in [-0.05, 0) is 85.0 Å². The lowest BCUT2D eigenvalue weighted by Gasteiger charge is -2.36. The van der Waals surface area contributed by atoms with Gasteiger partial charge in [0.15, 0.2) is 11.5 Å². The molecule has 5 rings (SSSR count). The molecule has 0 spiro atoms. The fraction of sp³-hybridized carbons (Fsp3) is 0.400. The molecule has 0 radical (unpaired) electrons. The van der Waals surface area contributed by atoms with Crippen LogP contribution >= 0.6 is 11.3 Å². The summed E-state index contributed by atoms with van der Waals surface area (Å²) >= 11 is 1.70. The summed E-state index contributed by atoms with van der Waals surface area (Å²) in [4.78, 5) is 27.2. The summed E-state index contributed by atoms with van der Waals surface area (Å²) in [5.74, 6) is 0.141. The number of amides is 1. The molecule has 0 saturated carbocycles. The molecule has 8 heteroatoms. The number of carbonyl (C=O) groups excluding carboxylic acids is 2. The quantitative estimate of drug-likeness (QED) is 0.254. The Morgan fingerprint density at radius 1 is 1.11 bits per heavy atom. The molecular weight excluding hydrogens is 503 g/mol. The number of halogens is 1. The summed E-state index contributed by atoms with van der Waals surface area (Å²) in [7, 11) is 0. The van der Waals surface area contributed by atoms with E-state index < -0.39 is 18.0 Å². The van der Waals surface area contributed by atoms with E-state index in [1.165, 1.54) is 34.7 Å². The van der Waals surface area contributed by atoms with Crippen LogP contribution in [-0.2, 0) is 12.8 Å². The normalized spacial score (nSPS) is 18.6. The summed E-state index contributed by atoms with van der Waals surface area (Å²) in [5.41, 5.74) is 3.26. The van der Waals surface area contributed by atoms with Crippen LogP contribution in [0.3, 0.4) is 0 Å². The molecule has 2 heterocycles. The maximum absolute atomic E-state index is 13.3. The smallest absolute Gasteiger partial charge is 0.343 e. The van der Waals surface area contributed by atoms with Crippen molar-refractivity contribution in [2.75, 3.05) is 11.9 Å². The molecule has 2 aromatic carbocycles. The molecule has 200 valence electrons. The van der Waals surface area contributed by atoms with Gasteiger partial charge in [0.2, 0.25) is 0 Å². The monoisotopic (exact) mass is 536 g/mol. The second kappa shape index (κ2) is 10.4. The Bertz CT molecular complexity index is 1370. The Hall–Kier alpha value is -3.39. The van der Waals surface area contributed by atoms with Crippen LogP contribution in [-0.4, -0.2) is 18.5 Å². The molecule has 1 aliphatic carbocycles. The van der Waals surface area contributed by atoms with Crippen LogP contribution in [0.5, 0.6) is 11.5 Å². The molecule has 38 heavy (non-hydrogen) atoms. The molecule has 1 aliphatic heterocycles. The molecule has 2 aliphatic rings. The highest BCUT2D eigenvalue weighted by atomic mass is 32.1. The Balaban J connectivity index is 1.37. The first-order valence-corrected chi connectivity index (χ1v) is 14.0. The van der Waals surface area contributed by atoms with Gasteiger partial charge in [0.1, 0.15) is 17.0 Å². The summed E-state index contributed by atoms with van der Waals surface area (Å²) in [6.07, 6.45) is 3.73. The van der Waals surface area contributed by atoms with Gasteiger partial charge < -0.3 is 20.1 Å². The minimum absolute atomic E-state index is 0.0702. The molecular formula is C30H33FN2O4S. The second-order valence-corrected chi connectivity index (χ2v) is 11.7. The lowest BCUT2D eigenvalue weighted by atomic mass is 9.69. The molecule has 0 unspecified atom stereocenters. The van der Waals surface area contributed by atoms with Crippen molar-refractivity contribution in [2.24, 2.45) is 11.3 Å². The predicted octanol–water partition coefficient (Wildman–Crippen LogP) is 6.90. The lowest BCUT2D eigenvalue weighted by molar-refractivity contribution is 0.0728. The molecule has 0 bridgehead atoms. The SMILES string of the molecule is CCOc1cc([C@H]2NC(=O)c3c(sc4c3CC[C@@H](C(C)(C)CC)C4)N2)ccc1OC(=O)c1ccc(F)cc1. The largest absolute Gasteiger partial charge is 0.490 e. The van der Waals surface area contributed by atoms with E-state index in [0.29, 0.717) is 18.3 Å². The number of hydrogen-bond donors (Lipinski definition) is 2. The molecule has 1 amide bonds. The van der Waals surface area contributed by atoms with Gasteiger partial charge in [-0.1, -0.05) is 33.3 Å². The number of carbonyl (C=O) groups is 2. The van der Waals surface area contributed by atoms with E-state index in [-0.39, 0.29) is 22.6 Å². The van der Waals surface area contributed by atoms with Crippen LogP contribution in [0.25, 0.3) is 0 Å². The third kappa shape index (κ3) is 5.01. The van der Waals surface area contributed by atoms with Crippen LogP contribution in [0.2, 0.25) is 0 Å². The zero-order valence-electron chi connectivity index (χ0n) is 22.2. The fourth-order valence-corrected chi connectivity index (χ4v) is 6.58. The number of benzene rings is 2. The van der Waals surface area contributed by atoms with Crippen molar-refractivity contribution >= 4 is 28.2 Å². The average Bonchev–Trinajstić information content (AvgIpc) is 3.28. The molecule has 0 fully saturated rings. The van der Waals surface area contributed by atoms with Gasteiger partial charge in [0.25, 0.3) is 5.91 Å². The van der Waals surface area contributed by atoms with Crippen molar-refractivity contribution in [2.45, 2.75) is 59.5 Å². The summed E-state index contributed by atoms with van der Waals surface area (Å²) in [6, 6.07) is 10.4. The Morgan fingerprint density at radius 3 is 2.58 bits per heavy atom. The predicted molar refractivity (Wildman–Crippen MR) is 147 cm³/mol. The molecule has 6 nitrogen and oxygen atoms in total. The van der Waals surface area contributed by atoms with Gasteiger partial charge >= 0.3 is 5.97 Å². The molecule has 2 N–H and O–H groups in total. The standard InChI is InChI=1S/C30H33FN2O4S/c1-5-30(3,4)19-10-13-21-24(16-19)38-28-25(21)27(34)32-26(33-28)18-9-14-22(23(15-18)36-6-2)37-29(35)17-7-11-20(31)12-8-17/h7-9,11-12,14-15,19,26,33H,5-6,10,13,16H2,1-4H3,(H,32,34)/t19-,26+/m1/s1. The van der Waals surface area contributed by atoms with E-state index in [0.717, 1.165) is 41.8 Å². The van der Waals surface area contributed by atoms with Crippen LogP contribution in [0, 0.1) is 17.2 Å². The number of hydrogen-bond acceptors (Lipinski definition) is 6. The summed E-state index contributed by atoms with van der Waals surface area (Å²) in [6.45, 7) is 9.14. The van der Waals surface area contributed by atoms with Crippen LogP contribution in [0.1, 0.15) is 83.4 Å². The summed E-state index contributed by atoms with van der Waals surface area (Å²) < 4.78 is 24.5. The second-order valence-electron chi connectivity index (χ2n) is 10.6. The third-order valence-electron chi connectivity index (χ3n) is 7.94. The Morgan fingerprint density at radius 2 is 1.87 bits per heavy atom. The Kier molecular flexibility index (Phi) is 7.18. The van der Waals surface area contributed by atoms with E-state index in [4.69, 9.17) is 9.47 Å². The first-order chi connectivity index (χ1) is 18.2. The fourth-order valence-electron chi connectivity index (χ4n) is 5.22. The van der Waals surface area contributed by atoms with Crippen LogP contribution < -0.4 is 20.1 Å². The molecule has 3 aromatic rings. The van der Waals surface area contributed by atoms with Crippen LogP contribution in [0.15, 0.2) is 42.5 Å². The van der Waals surface area contributed by atoms with Gasteiger partial charge in [-0.15, -0.1) is 11.3 Å². The zero-order chi connectivity index (χ0) is 27.0. The Labute approximate surface area is 226 Å². The van der Waals surface area contributed by atoms with Crippen molar-refractivity contribution in [1.29, 1.82) is 0 Å². The van der Waals surface area contributed by atoms with Gasteiger partial charge in [0, 0.05) is 4.88 Å². The molecule has 0 saturated heterocycles. The van der Waals surface area contributed by atoms with E-state index in [1.54, 1.807) is 29.5 Å². The van der Waals surface area contributed by atoms with E-state index in [2.05, 4.69) is 31.4 Å². The average molecular weight is 537 g/mol.